The Morgan fingerprint density at radius 2 is 1.78 bits per heavy atom. The van der Waals surface area contributed by atoms with Crippen LogP contribution in [0.15, 0.2) is 47.1 Å². The fourth-order valence-corrected chi connectivity index (χ4v) is 6.71. The van der Waals surface area contributed by atoms with Crippen LogP contribution in [-0.2, 0) is 10.2 Å². The van der Waals surface area contributed by atoms with Crippen molar-refractivity contribution in [1.82, 2.24) is 4.98 Å². The fraction of sp³-hybridized carbons (Fsp3) is 0.478. The van der Waals surface area contributed by atoms with Crippen molar-refractivity contribution in [2.24, 2.45) is 17.3 Å². The molecule has 6 rings (SSSR count). The molecule has 1 amide bonds. The van der Waals surface area contributed by atoms with Gasteiger partial charge in [0, 0.05) is 10.7 Å². The number of halogens is 1. The van der Waals surface area contributed by atoms with Gasteiger partial charge < -0.3 is 5.32 Å². The second kappa shape index (κ2) is 6.16. The van der Waals surface area contributed by atoms with Crippen molar-refractivity contribution in [2.45, 2.75) is 50.9 Å². The summed E-state index contributed by atoms with van der Waals surface area (Å²) in [5.74, 6) is 2.19. The summed E-state index contributed by atoms with van der Waals surface area (Å²) in [5.41, 5.74) is 2.70. The predicted octanol–water partition coefficient (Wildman–Crippen LogP) is 5.63. The van der Waals surface area contributed by atoms with Crippen LogP contribution in [0.3, 0.4) is 0 Å². The zero-order valence-electron chi connectivity index (χ0n) is 15.7. The van der Waals surface area contributed by atoms with Gasteiger partial charge in [0.2, 0.25) is 5.91 Å². The predicted molar refractivity (Wildman–Crippen MR) is 111 cm³/mol. The van der Waals surface area contributed by atoms with Gasteiger partial charge >= 0.3 is 0 Å². The Balaban J connectivity index is 1.46. The maximum Gasteiger partial charge on any atom is 0.231 e. The van der Waals surface area contributed by atoms with Gasteiger partial charge in [-0.15, -0.1) is 0 Å². The van der Waals surface area contributed by atoms with Gasteiger partial charge in [-0.1, -0.05) is 29.8 Å². The molecule has 0 saturated heterocycles. The van der Waals surface area contributed by atoms with Gasteiger partial charge in [-0.25, -0.2) is 4.98 Å². The van der Waals surface area contributed by atoms with Crippen LogP contribution in [0, 0.1) is 24.2 Å². The molecule has 0 unspecified atom stereocenters. The summed E-state index contributed by atoms with van der Waals surface area (Å²) in [4.78, 5) is 17.8. The van der Waals surface area contributed by atoms with Crippen LogP contribution in [0.2, 0.25) is 0 Å². The largest absolute Gasteiger partial charge is 0.310 e. The Bertz CT molecular complexity index is 860. The minimum Gasteiger partial charge on any atom is -0.310 e. The Labute approximate surface area is 169 Å². The van der Waals surface area contributed by atoms with E-state index in [2.05, 4.69) is 57.4 Å². The van der Waals surface area contributed by atoms with Crippen molar-refractivity contribution in [1.29, 1.82) is 0 Å². The Morgan fingerprint density at radius 3 is 2.41 bits per heavy atom. The zero-order valence-corrected chi connectivity index (χ0v) is 17.3. The average molecular weight is 425 g/mol. The van der Waals surface area contributed by atoms with Crippen LogP contribution in [0.5, 0.6) is 0 Å². The standard InChI is InChI=1S/C23H25BrN2O/c1-15-2-4-18(5-3-15)22-9-16-8-17(10-22)12-23(11-16,14-22)21(27)26-20-7-6-19(24)13-25-20/h2-7,13,16-17H,8-12,14H2,1H3,(H,25,26,27)/t16-,17-,22?,23?/m0/s1. The van der Waals surface area contributed by atoms with Crippen molar-refractivity contribution in [3.63, 3.8) is 0 Å². The third-order valence-electron chi connectivity index (χ3n) is 7.18. The van der Waals surface area contributed by atoms with Gasteiger partial charge in [0.25, 0.3) is 0 Å². The van der Waals surface area contributed by atoms with Crippen molar-refractivity contribution < 1.29 is 4.79 Å². The van der Waals surface area contributed by atoms with E-state index in [-0.39, 0.29) is 16.7 Å². The minimum atomic E-state index is -0.232. The molecule has 4 aliphatic carbocycles. The first kappa shape index (κ1) is 17.4. The van der Waals surface area contributed by atoms with E-state index in [1.165, 1.54) is 30.4 Å². The molecule has 1 aromatic carbocycles. The second-order valence-corrected chi connectivity index (χ2v) is 10.1. The number of carbonyl (C=O) groups is 1. The van der Waals surface area contributed by atoms with Crippen LogP contribution in [0.4, 0.5) is 5.82 Å². The first-order chi connectivity index (χ1) is 13.0. The summed E-state index contributed by atoms with van der Waals surface area (Å²) >= 11 is 3.41. The normalized spacial score (nSPS) is 33.9. The first-order valence-electron chi connectivity index (χ1n) is 9.97. The fourth-order valence-electron chi connectivity index (χ4n) is 6.47. The van der Waals surface area contributed by atoms with E-state index in [0.717, 1.165) is 23.7 Å². The van der Waals surface area contributed by atoms with E-state index in [1.807, 2.05) is 12.1 Å². The number of carbonyl (C=O) groups excluding carboxylic acids is 1. The van der Waals surface area contributed by atoms with E-state index < -0.39 is 0 Å². The number of amides is 1. The summed E-state index contributed by atoms with van der Waals surface area (Å²) in [6.07, 6.45) is 8.61. The zero-order chi connectivity index (χ0) is 18.6. The van der Waals surface area contributed by atoms with E-state index in [0.29, 0.717) is 17.7 Å². The highest BCUT2D eigenvalue weighted by atomic mass is 79.9. The number of nitrogens with zero attached hydrogens (tertiary/aromatic N) is 1. The lowest BCUT2D eigenvalue weighted by Gasteiger charge is -2.61. The molecule has 2 atom stereocenters. The Kier molecular flexibility index (Phi) is 3.98. The molecule has 4 bridgehead atoms. The molecular formula is C23H25BrN2O. The molecular weight excluding hydrogens is 400 g/mol. The highest BCUT2D eigenvalue weighted by molar-refractivity contribution is 9.10. The molecule has 4 saturated carbocycles. The molecule has 1 heterocycles. The summed E-state index contributed by atoms with van der Waals surface area (Å²) in [5, 5.41) is 3.13. The van der Waals surface area contributed by atoms with Crippen molar-refractivity contribution in [2.75, 3.05) is 5.32 Å². The highest BCUT2D eigenvalue weighted by Gasteiger charge is 2.60. The highest BCUT2D eigenvalue weighted by Crippen LogP contribution is 2.65. The van der Waals surface area contributed by atoms with Crippen LogP contribution >= 0.6 is 15.9 Å². The van der Waals surface area contributed by atoms with E-state index in [9.17, 15) is 4.79 Å². The molecule has 4 fully saturated rings. The number of aryl methyl sites for hydroxylation is 1. The maximum absolute atomic E-state index is 13.4. The topological polar surface area (TPSA) is 42.0 Å². The monoisotopic (exact) mass is 424 g/mol. The number of hydrogen-bond acceptors (Lipinski definition) is 2. The number of benzene rings is 1. The Morgan fingerprint density at radius 1 is 1.07 bits per heavy atom. The average Bonchev–Trinajstić information content (AvgIpc) is 2.63. The molecule has 0 spiro atoms. The van der Waals surface area contributed by atoms with Crippen LogP contribution in [-0.4, -0.2) is 10.9 Å². The van der Waals surface area contributed by atoms with Crippen LogP contribution < -0.4 is 5.32 Å². The summed E-state index contributed by atoms with van der Waals surface area (Å²) < 4.78 is 0.925. The molecule has 27 heavy (non-hydrogen) atoms. The third kappa shape index (κ3) is 2.93. The summed E-state index contributed by atoms with van der Waals surface area (Å²) in [7, 11) is 0. The molecule has 4 heteroatoms. The maximum atomic E-state index is 13.4. The number of rotatable bonds is 3. The second-order valence-electron chi connectivity index (χ2n) is 9.20. The number of anilines is 1. The lowest BCUT2D eigenvalue weighted by molar-refractivity contribution is -0.143. The molecule has 140 valence electrons. The molecule has 1 aromatic heterocycles. The molecule has 3 nitrogen and oxygen atoms in total. The molecule has 0 aliphatic heterocycles. The van der Waals surface area contributed by atoms with Gasteiger partial charge in [-0.05, 0) is 96.3 Å². The summed E-state index contributed by atoms with van der Waals surface area (Å²) in [6.45, 7) is 2.14. The lowest BCUT2D eigenvalue weighted by atomic mass is 9.42. The lowest BCUT2D eigenvalue weighted by Crippen LogP contribution is -2.58. The number of aromatic nitrogens is 1. The molecule has 1 N–H and O–H groups in total. The van der Waals surface area contributed by atoms with Crippen LogP contribution in [0.1, 0.15) is 49.7 Å². The number of hydrogen-bond donors (Lipinski definition) is 1. The van der Waals surface area contributed by atoms with Crippen molar-refractivity contribution in [3.05, 3.63) is 58.2 Å². The van der Waals surface area contributed by atoms with E-state index in [4.69, 9.17) is 0 Å². The SMILES string of the molecule is Cc1ccc(C23C[C@@H]4C[C@H](CC(C(=O)Nc5ccc(Br)cn5)(C4)C2)C3)cc1. The van der Waals surface area contributed by atoms with Gasteiger partial charge in [0.15, 0.2) is 0 Å². The molecule has 4 aliphatic rings. The molecule has 2 aromatic rings. The Hall–Kier alpha value is -1.68. The van der Waals surface area contributed by atoms with Gasteiger partial charge in [-0.3, -0.25) is 4.79 Å². The van der Waals surface area contributed by atoms with E-state index >= 15 is 0 Å². The van der Waals surface area contributed by atoms with Gasteiger partial charge in [0.05, 0.1) is 5.41 Å². The van der Waals surface area contributed by atoms with Crippen molar-refractivity contribution >= 4 is 27.7 Å². The van der Waals surface area contributed by atoms with E-state index in [1.54, 1.807) is 6.20 Å². The van der Waals surface area contributed by atoms with Crippen molar-refractivity contribution in [3.8, 4) is 0 Å². The number of nitrogens with one attached hydrogen (secondary N) is 1. The molecule has 0 radical (unpaired) electrons. The minimum absolute atomic E-state index is 0.183. The number of pyridine rings is 1. The van der Waals surface area contributed by atoms with Gasteiger partial charge in [-0.2, -0.15) is 0 Å². The smallest absolute Gasteiger partial charge is 0.231 e. The van der Waals surface area contributed by atoms with Crippen LogP contribution in [0.25, 0.3) is 0 Å². The quantitative estimate of drug-likeness (QED) is 0.693. The summed E-state index contributed by atoms with van der Waals surface area (Å²) in [6, 6.07) is 12.9. The first-order valence-corrected chi connectivity index (χ1v) is 10.8. The van der Waals surface area contributed by atoms with Gasteiger partial charge in [0.1, 0.15) is 5.82 Å². The third-order valence-corrected chi connectivity index (χ3v) is 7.64.